The number of aliphatic hydroxyl groups is 1. The average Bonchev–Trinajstić information content (AvgIpc) is 2.66. The molecule has 1 rings (SSSR count). The third-order valence-electron chi connectivity index (χ3n) is 3.92. The lowest BCUT2D eigenvalue weighted by atomic mass is 9.74. The Morgan fingerprint density at radius 2 is 1.93 bits per heavy atom. The van der Waals surface area contributed by atoms with Gasteiger partial charge in [-0.05, 0) is 25.2 Å². The van der Waals surface area contributed by atoms with E-state index < -0.39 is 0 Å². The number of hydrogen-bond acceptors (Lipinski definition) is 2. The lowest BCUT2D eigenvalue weighted by Gasteiger charge is -2.36. The Labute approximate surface area is 87.9 Å². The largest absolute Gasteiger partial charge is 0.392 e. The monoisotopic (exact) mass is 199 g/mol. The Bertz CT molecular complexity index is 164. The molecule has 0 heterocycles. The lowest BCUT2D eigenvalue weighted by Crippen LogP contribution is -2.43. The van der Waals surface area contributed by atoms with Crippen LogP contribution in [0.3, 0.4) is 0 Å². The standard InChI is InChI=1S/C12H25NO/c1-3-6-10(2)11(14)12(9-13)7-4-5-8-12/h10-11,14H,3-9,13H2,1-2H3. The maximum atomic E-state index is 10.3. The van der Waals surface area contributed by atoms with Crippen molar-refractivity contribution in [3.05, 3.63) is 0 Å². The number of aliphatic hydroxyl groups excluding tert-OH is 1. The van der Waals surface area contributed by atoms with E-state index in [-0.39, 0.29) is 11.5 Å². The van der Waals surface area contributed by atoms with E-state index in [1.165, 1.54) is 12.8 Å². The van der Waals surface area contributed by atoms with Crippen molar-refractivity contribution in [3.8, 4) is 0 Å². The van der Waals surface area contributed by atoms with Gasteiger partial charge in [0.15, 0.2) is 0 Å². The highest BCUT2D eigenvalue weighted by Crippen LogP contribution is 2.43. The fraction of sp³-hybridized carbons (Fsp3) is 1.00. The van der Waals surface area contributed by atoms with E-state index in [9.17, 15) is 5.11 Å². The first kappa shape index (κ1) is 12.0. The smallest absolute Gasteiger partial charge is 0.0633 e. The summed E-state index contributed by atoms with van der Waals surface area (Å²) in [5, 5.41) is 10.3. The van der Waals surface area contributed by atoms with E-state index in [0.29, 0.717) is 12.5 Å². The summed E-state index contributed by atoms with van der Waals surface area (Å²) >= 11 is 0. The Kier molecular flexibility index (Phi) is 4.39. The van der Waals surface area contributed by atoms with E-state index in [1.54, 1.807) is 0 Å². The predicted molar refractivity (Wildman–Crippen MR) is 60.0 cm³/mol. The molecule has 0 aromatic carbocycles. The average molecular weight is 199 g/mol. The third kappa shape index (κ3) is 2.29. The zero-order chi connectivity index (χ0) is 10.6. The zero-order valence-electron chi connectivity index (χ0n) is 9.63. The van der Waals surface area contributed by atoms with Crippen molar-refractivity contribution in [1.29, 1.82) is 0 Å². The molecule has 1 fully saturated rings. The molecule has 1 saturated carbocycles. The van der Waals surface area contributed by atoms with Crippen molar-refractivity contribution in [1.82, 2.24) is 0 Å². The second kappa shape index (κ2) is 5.13. The van der Waals surface area contributed by atoms with Crippen molar-refractivity contribution in [2.75, 3.05) is 6.54 Å². The van der Waals surface area contributed by atoms with Gasteiger partial charge in [0, 0.05) is 12.0 Å². The fourth-order valence-electron chi connectivity index (χ4n) is 2.92. The van der Waals surface area contributed by atoms with Gasteiger partial charge in [0.05, 0.1) is 6.10 Å². The first-order valence-electron chi connectivity index (χ1n) is 6.04. The topological polar surface area (TPSA) is 46.2 Å². The molecule has 0 amide bonds. The molecule has 0 bridgehead atoms. The van der Waals surface area contributed by atoms with E-state index in [4.69, 9.17) is 5.73 Å². The molecule has 3 N–H and O–H groups in total. The molecular formula is C12H25NO. The highest BCUT2D eigenvalue weighted by molar-refractivity contribution is 4.93. The second-order valence-electron chi connectivity index (χ2n) is 4.98. The van der Waals surface area contributed by atoms with Gasteiger partial charge in [0.25, 0.3) is 0 Å². The minimum Gasteiger partial charge on any atom is -0.392 e. The molecule has 2 nitrogen and oxygen atoms in total. The summed E-state index contributed by atoms with van der Waals surface area (Å²) in [6.45, 7) is 4.99. The van der Waals surface area contributed by atoms with Crippen LogP contribution in [0.4, 0.5) is 0 Å². The van der Waals surface area contributed by atoms with Gasteiger partial charge >= 0.3 is 0 Å². The van der Waals surface area contributed by atoms with Gasteiger partial charge in [-0.2, -0.15) is 0 Å². The molecule has 0 aliphatic heterocycles. The first-order valence-corrected chi connectivity index (χ1v) is 6.04. The van der Waals surface area contributed by atoms with Crippen LogP contribution in [0, 0.1) is 11.3 Å². The summed E-state index contributed by atoms with van der Waals surface area (Å²) in [6.07, 6.45) is 6.81. The summed E-state index contributed by atoms with van der Waals surface area (Å²) in [6, 6.07) is 0. The Morgan fingerprint density at radius 1 is 1.36 bits per heavy atom. The number of nitrogens with two attached hydrogens (primary N) is 1. The van der Waals surface area contributed by atoms with Gasteiger partial charge in [0.1, 0.15) is 0 Å². The van der Waals surface area contributed by atoms with Crippen LogP contribution in [0.1, 0.15) is 52.4 Å². The van der Waals surface area contributed by atoms with Gasteiger partial charge in [-0.3, -0.25) is 0 Å². The quantitative estimate of drug-likeness (QED) is 0.713. The van der Waals surface area contributed by atoms with Crippen molar-refractivity contribution < 1.29 is 5.11 Å². The summed E-state index contributed by atoms with van der Waals surface area (Å²) in [4.78, 5) is 0. The van der Waals surface area contributed by atoms with Crippen molar-refractivity contribution in [2.45, 2.75) is 58.5 Å². The highest BCUT2D eigenvalue weighted by Gasteiger charge is 2.41. The lowest BCUT2D eigenvalue weighted by molar-refractivity contribution is -0.00857. The molecule has 1 aliphatic carbocycles. The molecule has 0 aromatic heterocycles. The minimum atomic E-state index is -0.185. The van der Waals surface area contributed by atoms with Crippen LogP contribution in [-0.4, -0.2) is 17.8 Å². The zero-order valence-corrected chi connectivity index (χ0v) is 9.63. The summed E-state index contributed by atoms with van der Waals surface area (Å²) in [7, 11) is 0. The van der Waals surface area contributed by atoms with Crippen LogP contribution in [0.2, 0.25) is 0 Å². The maximum absolute atomic E-state index is 10.3. The van der Waals surface area contributed by atoms with Gasteiger partial charge in [-0.15, -0.1) is 0 Å². The van der Waals surface area contributed by atoms with Crippen LogP contribution >= 0.6 is 0 Å². The van der Waals surface area contributed by atoms with Crippen molar-refractivity contribution in [2.24, 2.45) is 17.1 Å². The number of hydrogen-bond donors (Lipinski definition) is 2. The van der Waals surface area contributed by atoms with Crippen LogP contribution < -0.4 is 5.73 Å². The number of rotatable bonds is 5. The van der Waals surface area contributed by atoms with Crippen molar-refractivity contribution >= 4 is 0 Å². The van der Waals surface area contributed by atoms with Gasteiger partial charge in [0.2, 0.25) is 0 Å². The Morgan fingerprint density at radius 3 is 2.36 bits per heavy atom. The molecule has 0 radical (unpaired) electrons. The summed E-state index contributed by atoms with van der Waals surface area (Å²) in [5.41, 5.74) is 5.89. The molecule has 2 heteroatoms. The molecular weight excluding hydrogens is 174 g/mol. The van der Waals surface area contributed by atoms with Crippen LogP contribution in [0.15, 0.2) is 0 Å². The third-order valence-corrected chi connectivity index (χ3v) is 3.92. The molecule has 0 saturated heterocycles. The van der Waals surface area contributed by atoms with Crippen LogP contribution in [0.5, 0.6) is 0 Å². The minimum absolute atomic E-state index is 0.0502. The molecule has 84 valence electrons. The maximum Gasteiger partial charge on any atom is 0.0633 e. The van der Waals surface area contributed by atoms with E-state index in [0.717, 1.165) is 25.7 Å². The first-order chi connectivity index (χ1) is 6.66. The normalized spacial score (nSPS) is 24.9. The van der Waals surface area contributed by atoms with Crippen LogP contribution in [-0.2, 0) is 0 Å². The van der Waals surface area contributed by atoms with Crippen molar-refractivity contribution in [3.63, 3.8) is 0 Å². The summed E-state index contributed by atoms with van der Waals surface area (Å²) < 4.78 is 0. The molecule has 0 aromatic rings. The predicted octanol–water partition coefficient (Wildman–Crippen LogP) is 2.30. The SMILES string of the molecule is CCCC(C)C(O)C1(CN)CCCC1. The molecule has 2 unspecified atom stereocenters. The van der Waals surface area contributed by atoms with Gasteiger partial charge < -0.3 is 10.8 Å². The summed E-state index contributed by atoms with van der Waals surface area (Å²) in [5.74, 6) is 0.404. The van der Waals surface area contributed by atoms with Gasteiger partial charge in [-0.25, -0.2) is 0 Å². The molecule has 1 aliphatic rings. The molecule has 0 spiro atoms. The van der Waals surface area contributed by atoms with Gasteiger partial charge in [-0.1, -0.05) is 33.1 Å². The van der Waals surface area contributed by atoms with Crippen LogP contribution in [0.25, 0.3) is 0 Å². The van der Waals surface area contributed by atoms with E-state index in [1.807, 2.05) is 0 Å². The molecule has 2 atom stereocenters. The van der Waals surface area contributed by atoms with E-state index in [2.05, 4.69) is 13.8 Å². The molecule has 14 heavy (non-hydrogen) atoms. The second-order valence-corrected chi connectivity index (χ2v) is 4.98. The Balaban J connectivity index is 2.59. The fourth-order valence-corrected chi connectivity index (χ4v) is 2.92. The van der Waals surface area contributed by atoms with E-state index >= 15 is 0 Å². The Hall–Kier alpha value is -0.0800. The highest BCUT2D eigenvalue weighted by atomic mass is 16.3.